The van der Waals surface area contributed by atoms with Crippen molar-refractivity contribution in [3.63, 3.8) is 0 Å². The van der Waals surface area contributed by atoms with Gasteiger partial charge in [0.05, 0.1) is 20.6 Å². The maximum Gasteiger partial charge on any atom is 0.271 e. The number of aromatic nitrogens is 1. The van der Waals surface area contributed by atoms with Crippen molar-refractivity contribution in [1.29, 1.82) is 5.26 Å². The summed E-state index contributed by atoms with van der Waals surface area (Å²) in [6.07, 6.45) is 3.02. The second-order valence-electron chi connectivity index (χ2n) is 6.12. The van der Waals surface area contributed by atoms with Gasteiger partial charge in [0, 0.05) is 41.8 Å². The summed E-state index contributed by atoms with van der Waals surface area (Å²) in [5.41, 5.74) is 0.652. The third-order valence-electron chi connectivity index (χ3n) is 4.19. The average Bonchev–Trinajstić information content (AvgIpc) is 3.21. The zero-order valence-electron chi connectivity index (χ0n) is 15.6. The molecular weight excluding hydrogens is 426 g/mol. The predicted octanol–water partition coefficient (Wildman–Crippen LogP) is 4.49. The van der Waals surface area contributed by atoms with Gasteiger partial charge >= 0.3 is 0 Å². The molecule has 0 fully saturated rings. The fourth-order valence-electron chi connectivity index (χ4n) is 2.69. The molecule has 1 amide bonds. The maximum absolute atomic E-state index is 12.5. The standard InChI is InChI=1S/C20H12ClN5O5/c21-18-11-17(26(30)31)7-8-19(18)23-20(27)13(12-22)10-16-2-1-9-24(16)14-3-5-15(6-4-14)25(28)29/h1-11H,(H,23,27). The Morgan fingerprint density at radius 1 is 1.06 bits per heavy atom. The number of amides is 1. The second kappa shape index (κ2) is 8.89. The molecule has 0 radical (unpaired) electrons. The SMILES string of the molecule is N#CC(=Cc1cccn1-c1ccc([N+](=O)[O-])cc1)C(=O)Nc1ccc([N+](=O)[O-])cc1Cl. The molecule has 2 aromatic carbocycles. The van der Waals surface area contributed by atoms with Gasteiger partial charge < -0.3 is 9.88 Å². The molecule has 3 aromatic rings. The predicted molar refractivity (Wildman–Crippen MR) is 113 cm³/mol. The average molecular weight is 438 g/mol. The summed E-state index contributed by atoms with van der Waals surface area (Å²) in [5.74, 6) is -0.755. The van der Waals surface area contributed by atoms with Crippen molar-refractivity contribution in [2.24, 2.45) is 0 Å². The largest absolute Gasteiger partial charge is 0.320 e. The molecule has 31 heavy (non-hydrogen) atoms. The molecule has 10 nitrogen and oxygen atoms in total. The van der Waals surface area contributed by atoms with Crippen molar-refractivity contribution in [1.82, 2.24) is 4.57 Å². The zero-order chi connectivity index (χ0) is 22.5. The molecule has 11 heteroatoms. The number of halogens is 1. The van der Waals surface area contributed by atoms with E-state index in [0.717, 1.165) is 6.07 Å². The van der Waals surface area contributed by atoms with Crippen LogP contribution < -0.4 is 5.32 Å². The van der Waals surface area contributed by atoms with Gasteiger partial charge in [0.1, 0.15) is 11.6 Å². The summed E-state index contributed by atoms with van der Waals surface area (Å²) in [4.78, 5) is 33.0. The molecule has 0 bridgehead atoms. The third kappa shape index (κ3) is 4.75. The van der Waals surface area contributed by atoms with E-state index in [2.05, 4.69) is 5.32 Å². The topological polar surface area (TPSA) is 144 Å². The Hall–Kier alpha value is -4.49. The first-order chi connectivity index (χ1) is 14.8. The molecule has 0 unspecified atom stereocenters. The van der Waals surface area contributed by atoms with Crippen molar-refractivity contribution >= 4 is 40.6 Å². The molecule has 0 atom stereocenters. The van der Waals surface area contributed by atoms with Crippen LogP contribution >= 0.6 is 11.6 Å². The van der Waals surface area contributed by atoms with Gasteiger partial charge in [-0.1, -0.05) is 11.6 Å². The van der Waals surface area contributed by atoms with E-state index in [9.17, 15) is 30.3 Å². The van der Waals surface area contributed by atoms with E-state index in [-0.39, 0.29) is 27.7 Å². The highest BCUT2D eigenvalue weighted by atomic mass is 35.5. The number of anilines is 1. The van der Waals surface area contributed by atoms with Crippen LogP contribution in [0.2, 0.25) is 5.02 Å². The lowest BCUT2D eigenvalue weighted by Crippen LogP contribution is -2.14. The van der Waals surface area contributed by atoms with E-state index in [4.69, 9.17) is 11.6 Å². The van der Waals surface area contributed by atoms with Gasteiger partial charge in [-0.15, -0.1) is 0 Å². The van der Waals surface area contributed by atoms with Gasteiger partial charge in [0.25, 0.3) is 17.3 Å². The van der Waals surface area contributed by atoms with Crippen molar-refractivity contribution in [3.05, 3.63) is 97.3 Å². The van der Waals surface area contributed by atoms with Crippen LogP contribution in [0.15, 0.2) is 66.4 Å². The van der Waals surface area contributed by atoms with E-state index in [0.29, 0.717) is 11.4 Å². The third-order valence-corrected chi connectivity index (χ3v) is 4.50. The smallest absolute Gasteiger partial charge is 0.271 e. The minimum Gasteiger partial charge on any atom is -0.320 e. The molecule has 3 rings (SSSR count). The molecule has 1 N–H and O–H groups in total. The summed E-state index contributed by atoms with van der Waals surface area (Å²) >= 11 is 5.97. The van der Waals surface area contributed by atoms with Gasteiger partial charge in [-0.05, 0) is 36.4 Å². The monoisotopic (exact) mass is 437 g/mol. The van der Waals surface area contributed by atoms with E-state index < -0.39 is 15.8 Å². The Morgan fingerprint density at radius 3 is 2.29 bits per heavy atom. The van der Waals surface area contributed by atoms with Crippen LogP contribution in [0.5, 0.6) is 0 Å². The fraction of sp³-hybridized carbons (Fsp3) is 0. The number of hydrogen-bond donors (Lipinski definition) is 1. The van der Waals surface area contributed by atoms with Crippen LogP contribution in [0.25, 0.3) is 11.8 Å². The molecule has 1 heterocycles. The summed E-state index contributed by atoms with van der Waals surface area (Å²) < 4.78 is 1.65. The maximum atomic E-state index is 12.5. The number of nitro benzene ring substituents is 2. The number of rotatable bonds is 6. The fourth-order valence-corrected chi connectivity index (χ4v) is 2.91. The second-order valence-corrected chi connectivity index (χ2v) is 6.53. The summed E-state index contributed by atoms with van der Waals surface area (Å²) in [6, 6.07) is 14.5. The zero-order valence-corrected chi connectivity index (χ0v) is 16.3. The number of nitrogens with one attached hydrogen (secondary N) is 1. The van der Waals surface area contributed by atoms with Crippen LogP contribution in [0.3, 0.4) is 0 Å². The first-order valence-electron chi connectivity index (χ1n) is 8.59. The number of non-ortho nitro benzene ring substituents is 2. The molecule has 0 saturated heterocycles. The normalized spacial score (nSPS) is 10.9. The molecule has 0 aliphatic heterocycles. The summed E-state index contributed by atoms with van der Waals surface area (Å²) in [7, 11) is 0. The Balaban J connectivity index is 1.87. The highest BCUT2D eigenvalue weighted by Gasteiger charge is 2.15. The quantitative estimate of drug-likeness (QED) is 0.260. The van der Waals surface area contributed by atoms with Crippen molar-refractivity contribution in [3.8, 4) is 11.8 Å². The Labute approximate surface area is 179 Å². The number of nitro groups is 2. The van der Waals surface area contributed by atoms with Crippen LogP contribution in [-0.2, 0) is 4.79 Å². The van der Waals surface area contributed by atoms with E-state index in [1.165, 1.54) is 42.5 Å². The van der Waals surface area contributed by atoms with Crippen molar-refractivity contribution in [2.75, 3.05) is 5.32 Å². The Bertz CT molecular complexity index is 1260. The molecule has 1 aromatic heterocycles. The Kier molecular flexibility index (Phi) is 6.09. The molecule has 0 aliphatic carbocycles. The molecule has 154 valence electrons. The van der Waals surface area contributed by atoms with Crippen molar-refractivity contribution < 1.29 is 14.6 Å². The number of carbonyl (C=O) groups is 1. The summed E-state index contributed by atoms with van der Waals surface area (Å²) in [5, 5.41) is 33.4. The molecule has 0 saturated carbocycles. The number of nitriles is 1. The minimum absolute atomic E-state index is 0.0471. The molecule has 0 aliphatic rings. The highest BCUT2D eigenvalue weighted by molar-refractivity contribution is 6.34. The van der Waals surface area contributed by atoms with Crippen molar-refractivity contribution in [2.45, 2.75) is 0 Å². The number of nitrogens with zero attached hydrogens (tertiary/aromatic N) is 4. The van der Waals surface area contributed by atoms with E-state index >= 15 is 0 Å². The van der Waals surface area contributed by atoms with Crippen LogP contribution in [0, 0.1) is 31.6 Å². The van der Waals surface area contributed by atoms with Gasteiger partial charge in [0.2, 0.25) is 0 Å². The summed E-state index contributed by atoms with van der Waals surface area (Å²) in [6.45, 7) is 0. The van der Waals surface area contributed by atoms with Gasteiger partial charge in [-0.3, -0.25) is 25.0 Å². The van der Waals surface area contributed by atoms with Gasteiger partial charge in [-0.25, -0.2) is 0 Å². The minimum atomic E-state index is -0.755. The first kappa shape index (κ1) is 21.2. The van der Waals surface area contributed by atoms with Crippen LogP contribution in [0.4, 0.5) is 17.1 Å². The highest BCUT2D eigenvalue weighted by Crippen LogP contribution is 2.27. The Morgan fingerprint density at radius 2 is 1.71 bits per heavy atom. The van der Waals surface area contributed by atoms with Gasteiger partial charge in [-0.2, -0.15) is 5.26 Å². The lowest BCUT2D eigenvalue weighted by molar-refractivity contribution is -0.385. The lowest BCUT2D eigenvalue weighted by Gasteiger charge is -2.08. The van der Waals surface area contributed by atoms with Gasteiger partial charge in [0.15, 0.2) is 0 Å². The number of benzene rings is 2. The number of carbonyl (C=O) groups excluding carboxylic acids is 1. The van der Waals surface area contributed by atoms with E-state index in [1.807, 2.05) is 6.07 Å². The van der Waals surface area contributed by atoms with Crippen LogP contribution in [-0.4, -0.2) is 20.3 Å². The number of hydrogen-bond acceptors (Lipinski definition) is 6. The molecule has 0 spiro atoms. The lowest BCUT2D eigenvalue weighted by atomic mass is 10.2. The van der Waals surface area contributed by atoms with Crippen LogP contribution in [0.1, 0.15) is 5.69 Å². The first-order valence-corrected chi connectivity index (χ1v) is 8.97. The van der Waals surface area contributed by atoms with E-state index in [1.54, 1.807) is 22.9 Å². The molecular formula is C20H12ClN5O5.